The highest BCUT2D eigenvalue weighted by molar-refractivity contribution is 8.15. The van der Waals surface area contributed by atoms with Crippen LogP contribution in [0, 0.1) is 0 Å². The van der Waals surface area contributed by atoms with Gasteiger partial charge in [-0.2, -0.15) is 0 Å². The van der Waals surface area contributed by atoms with Crippen LogP contribution in [0.15, 0.2) is 24.3 Å². The summed E-state index contributed by atoms with van der Waals surface area (Å²) in [4.78, 5) is 13.4. The lowest BCUT2D eigenvalue weighted by atomic mass is 10.0. The van der Waals surface area contributed by atoms with Gasteiger partial charge in [0.2, 0.25) is 5.12 Å². The molecule has 2 nitrogen and oxygen atoms in total. The van der Waals surface area contributed by atoms with Gasteiger partial charge in [-0.3, -0.25) is 9.69 Å². The van der Waals surface area contributed by atoms with E-state index in [1.54, 1.807) is 0 Å². The molecule has 0 N–H and O–H groups in total. The van der Waals surface area contributed by atoms with Crippen molar-refractivity contribution in [3.63, 3.8) is 0 Å². The molecule has 1 fully saturated rings. The smallest absolute Gasteiger partial charge is 0.212 e. The summed E-state index contributed by atoms with van der Waals surface area (Å²) in [5, 5.41) is 0.717. The lowest BCUT2D eigenvalue weighted by Gasteiger charge is -2.30. The monoisotopic (exact) mass is 195 g/mol. The van der Waals surface area contributed by atoms with Crippen molar-refractivity contribution in [1.29, 1.82) is 0 Å². The molecule has 0 amide bonds. The van der Waals surface area contributed by atoms with Crippen LogP contribution >= 0.6 is 11.8 Å². The fourth-order valence-corrected chi connectivity index (χ4v) is 2.88. The average molecular weight is 195 g/mol. The van der Waals surface area contributed by atoms with E-state index < -0.39 is 0 Å². The maximum Gasteiger partial charge on any atom is 0.212 e. The SMILES string of the molecule is C=CCN1CCC2SC(=O)C=C2C1. The van der Waals surface area contributed by atoms with Gasteiger partial charge >= 0.3 is 0 Å². The normalized spacial score (nSPS) is 28.5. The standard InChI is InChI=1S/C10H13NOS/c1-2-4-11-5-3-9-8(7-11)6-10(12)13-9/h2,6,9H,1,3-5,7H2. The first kappa shape index (κ1) is 9.03. The largest absolute Gasteiger partial charge is 0.296 e. The number of hydrogen-bond acceptors (Lipinski definition) is 3. The molecule has 2 aliphatic rings. The molecular weight excluding hydrogens is 182 g/mol. The van der Waals surface area contributed by atoms with E-state index in [1.807, 2.05) is 12.2 Å². The number of hydrogen-bond donors (Lipinski definition) is 0. The zero-order chi connectivity index (χ0) is 9.26. The minimum Gasteiger partial charge on any atom is -0.296 e. The van der Waals surface area contributed by atoms with Gasteiger partial charge in [0.1, 0.15) is 0 Å². The molecule has 0 aromatic carbocycles. The molecule has 1 saturated heterocycles. The Morgan fingerprint density at radius 2 is 2.62 bits per heavy atom. The van der Waals surface area contributed by atoms with Crippen molar-refractivity contribution in [3.8, 4) is 0 Å². The number of likely N-dealkylation sites (tertiary alicyclic amines) is 1. The zero-order valence-electron chi connectivity index (χ0n) is 7.53. The first-order valence-electron chi connectivity index (χ1n) is 4.54. The maximum absolute atomic E-state index is 11.1. The molecule has 13 heavy (non-hydrogen) atoms. The van der Waals surface area contributed by atoms with E-state index in [1.165, 1.54) is 17.3 Å². The van der Waals surface area contributed by atoms with E-state index >= 15 is 0 Å². The van der Waals surface area contributed by atoms with Crippen LogP contribution in [0.4, 0.5) is 0 Å². The van der Waals surface area contributed by atoms with Gasteiger partial charge in [0, 0.05) is 24.9 Å². The molecule has 3 heteroatoms. The third kappa shape index (κ3) is 1.86. The van der Waals surface area contributed by atoms with Gasteiger partial charge in [0.15, 0.2) is 0 Å². The molecule has 2 rings (SSSR count). The average Bonchev–Trinajstić information content (AvgIpc) is 2.44. The maximum atomic E-state index is 11.1. The van der Waals surface area contributed by atoms with Crippen LogP contribution < -0.4 is 0 Å². The van der Waals surface area contributed by atoms with Crippen LogP contribution in [0.25, 0.3) is 0 Å². The Morgan fingerprint density at radius 3 is 3.38 bits per heavy atom. The summed E-state index contributed by atoms with van der Waals surface area (Å²) in [7, 11) is 0. The van der Waals surface area contributed by atoms with Gasteiger partial charge in [0.25, 0.3) is 0 Å². The molecule has 0 saturated carbocycles. The Hall–Kier alpha value is -0.540. The minimum atomic E-state index is 0.237. The second-order valence-corrected chi connectivity index (χ2v) is 4.66. The Kier molecular flexibility index (Phi) is 2.56. The fraction of sp³-hybridized carbons (Fsp3) is 0.500. The summed E-state index contributed by atoms with van der Waals surface area (Å²) in [6.07, 6.45) is 4.84. The number of fused-ring (bicyclic) bond motifs is 1. The summed E-state index contributed by atoms with van der Waals surface area (Å²) in [6, 6.07) is 0. The van der Waals surface area contributed by atoms with Gasteiger partial charge in [-0.1, -0.05) is 17.8 Å². The fourth-order valence-electron chi connectivity index (χ4n) is 1.86. The Labute approximate surface area is 82.7 Å². The number of carbonyl (C=O) groups is 1. The van der Waals surface area contributed by atoms with E-state index in [0.717, 1.165) is 26.1 Å². The van der Waals surface area contributed by atoms with Crippen LogP contribution in [0.5, 0.6) is 0 Å². The highest BCUT2D eigenvalue weighted by atomic mass is 32.2. The quantitative estimate of drug-likeness (QED) is 0.622. The zero-order valence-corrected chi connectivity index (χ0v) is 8.35. The Morgan fingerprint density at radius 1 is 1.77 bits per heavy atom. The molecule has 0 bridgehead atoms. The van der Waals surface area contributed by atoms with Crippen molar-refractivity contribution in [3.05, 3.63) is 24.3 Å². The van der Waals surface area contributed by atoms with Crippen molar-refractivity contribution < 1.29 is 4.79 Å². The van der Waals surface area contributed by atoms with Gasteiger partial charge in [-0.25, -0.2) is 0 Å². The highest BCUT2D eigenvalue weighted by Gasteiger charge is 2.30. The Balaban J connectivity index is 2.02. The van der Waals surface area contributed by atoms with Crippen molar-refractivity contribution in [2.45, 2.75) is 11.7 Å². The third-order valence-corrected chi connectivity index (χ3v) is 3.65. The number of thioether (sulfide) groups is 1. The van der Waals surface area contributed by atoms with Crippen LogP contribution in [-0.4, -0.2) is 34.9 Å². The van der Waals surface area contributed by atoms with E-state index in [9.17, 15) is 4.79 Å². The van der Waals surface area contributed by atoms with E-state index in [4.69, 9.17) is 0 Å². The molecule has 0 aromatic rings. The molecule has 70 valence electrons. The molecule has 0 radical (unpaired) electrons. The summed E-state index contributed by atoms with van der Waals surface area (Å²) >= 11 is 1.49. The number of carbonyl (C=O) groups excluding carboxylic acids is 1. The molecule has 1 atom stereocenters. The molecular formula is C10H13NOS. The molecule has 0 spiro atoms. The second-order valence-electron chi connectivity index (χ2n) is 3.46. The van der Waals surface area contributed by atoms with Crippen LogP contribution in [-0.2, 0) is 4.79 Å². The van der Waals surface area contributed by atoms with Crippen molar-refractivity contribution in [2.24, 2.45) is 0 Å². The predicted molar refractivity (Wildman–Crippen MR) is 55.7 cm³/mol. The van der Waals surface area contributed by atoms with Gasteiger partial charge < -0.3 is 0 Å². The highest BCUT2D eigenvalue weighted by Crippen LogP contribution is 2.34. The van der Waals surface area contributed by atoms with Crippen molar-refractivity contribution >= 4 is 16.9 Å². The van der Waals surface area contributed by atoms with Crippen LogP contribution in [0.3, 0.4) is 0 Å². The molecule has 0 aliphatic carbocycles. The van der Waals surface area contributed by atoms with Crippen LogP contribution in [0.2, 0.25) is 0 Å². The summed E-state index contributed by atoms with van der Waals surface area (Å²) in [5.74, 6) is 0. The molecule has 2 heterocycles. The molecule has 0 aromatic heterocycles. The van der Waals surface area contributed by atoms with E-state index in [0.29, 0.717) is 5.25 Å². The summed E-state index contributed by atoms with van der Waals surface area (Å²) in [6.45, 7) is 6.70. The lowest BCUT2D eigenvalue weighted by molar-refractivity contribution is -0.106. The van der Waals surface area contributed by atoms with Crippen LogP contribution in [0.1, 0.15) is 6.42 Å². The Bertz CT molecular complexity index is 272. The van der Waals surface area contributed by atoms with E-state index in [2.05, 4.69) is 11.5 Å². The van der Waals surface area contributed by atoms with Gasteiger partial charge in [-0.15, -0.1) is 6.58 Å². The number of piperidine rings is 1. The first-order valence-corrected chi connectivity index (χ1v) is 5.42. The first-order chi connectivity index (χ1) is 6.29. The summed E-state index contributed by atoms with van der Waals surface area (Å²) in [5.41, 5.74) is 1.31. The molecule has 2 aliphatic heterocycles. The lowest BCUT2D eigenvalue weighted by Crippen LogP contribution is -2.35. The number of nitrogens with zero attached hydrogens (tertiary/aromatic N) is 1. The van der Waals surface area contributed by atoms with Crippen molar-refractivity contribution in [2.75, 3.05) is 19.6 Å². The van der Waals surface area contributed by atoms with Gasteiger partial charge in [0.05, 0.1) is 0 Å². The minimum absolute atomic E-state index is 0.237. The van der Waals surface area contributed by atoms with Crippen molar-refractivity contribution in [1.82, 2.24) is 4.90 Å². The number of rotatable bonds is 2. The second kappa shape index (κ2) is 3.68. The molecule has 1 unspecified atom stereocenters. The van der Waals surface area contributed by atoms with Gasteiger partial charge in [-0.05, 0) is 18.1 Å². The predicted octanol–water partition coefficient (Wildman–Crippen LogP) is 1.45. The topological polar surface area (TPSA) is 20.3 Å². The van der Waals surface area contributed by atoms with E-state index in [-0.39, 0.29) is 5.12 Å². The third-order valence-electron chi connectivity index (χ3n) is 2.48. The summed E-state index contributed by atoms with van der Waals surface area (Å²) < 4.78 is 0.